The number of aromatic nitrogens is 1. The lowest BCUT2D eigenvalue weighted by Crippen LogP contribution is -2.40. The van der Waals surface area contributed by atoms with Crippen LogP contribution in [0.15, 0.2) is 51.9 Å². The van der Waals surface area contributed by atoms with Crippen molar-refractivity contribution in [2.75, 3.05) is 26.3 Å². The number of nitrogens with zero attached hydrogens (tertiary/aromatic N) is 4. The number of para-hydroxylation sites is 1. The van der Waals surface area contributed by atoms with Crippen LogP contribution in [0.5, 0.6) is 0 Å². The number of hydrogen-bond acceptors (Lipinski definition) is 3. The van der Waals surface area contributed by atoms with Crippen molar-refractivity contribution < 1.29 is 4.74 Å². The van der Waals surface area contributed by atoms with Crippen LogP contribution in [0, 0.1) is 0 Å². The number of aryl methyl sites for hydroxylation is 1. The molecular weight excluding hydrogens is 296 g/mol. The molecule has 0 atom stereocenters. The van der Waals surface area contributed by atoms with E-state index in [9.17, 15) is 0 Å². The second-order valence-corrected chi connectivity index (χ2v) is 5.80. The molecule has 3 rings (SSSR count). The zero-order valence-corrected chi connectivity index (χ0v) is 13.5. The van der Waals surface area contributed by atoms with Gasteiger partial charge in [0.2, 0.25) is 5.96 Å². The Morgan fingerprint density at radius 1 is 1.23 bits per heavy atom. The molecule has 0 radical (unpaired) electrons. The third kappa shape index (κ3) is 3.64. The van der Waals surface area contributed by atoms with Gasteiger partial charge >= 0.3 is 0 Å². The van der Waals surface area contributed by atoms with E-state index >= 15 is 0 Å². The van der Waals surface area contributed by atoms with E-state index < -0.39 is 0 Å². The van der Waals surface area contributed by atoms with Crippen molar-refractivity contribution in [1.29, 1.82) is 0 Å². The third-order valence-electron chi connectivity index (χ3n) is 3.48. The van der Waals surface area contributed by atoms with Gasteiger partial charge in [-0.1, -0.05) is 18.2 Å². The molecule has 0 bridgehead atoms. The normalized spacial score (nSPS) is 17.0. The maximum atomic E-state index is 5.44. The lowest BCUT2D eigenvalue weighted by molar-refractivity contribution is 0.0675. The van der Waals surface area contributed by atoms with Gasteiger partial charge in [-0.3, -0.25) is 0 Å². The molecule has 0 unspecified atom stereocenters. The number of hydrogen-bond donors (Lipinski definition) is 0. The summed E-state index contributed by atoms with van der Waals surface area (Å²) < 4.78 is 7.57. The van der Waals surface area contributed by atoms with Crippen molar-refractivity contribution in [2.24, 2.45) is 9.98 Å². The van der Waals surface area contributed by atoms with Crippen molar-refractivity contribution >= 4 is 23.0 Å². The maximum absolute atomic E-state index is 5.44. The molecule has 0 N–H and O–H groups in total. The van der Waals surface area contributed by atoms with Gasteiger partial charge in [-0.15, -0.1) is 11.3 Å². The summed E-state index contributed by atoms with van der Waals surface area (Å²) in [7, 11) is 0. The summed E-state index contributed by atoms with van der Waals surface area (Å²) in [6, 6.07) is 9.98. The first kappa shape index (κ1) is 15.0. The van der Waals surface area contributed by atoms with Crippen LogP contribution in [0.2, 0.25) is 0 Å². The SMILES string of the molecule is CCn1ccsc1=NC(=Nc1ccccc1)N1CCOCC1. The fraction of sp³-hybridized carbons (Fsp3) is 0.375. The lowest BCUT2D eigenvalue weighted by Gasteiger charge is -2.27. The monoisotopic (exact) mass is 316 g/mol. The van der Waals surface area contributed by atoms with Gasteiger partial charge in [-0.05, 0) is 19.1 Å². The molecule has 0 spiro atoms. The summed E-state index contributed by atoms with van der Waals surface area (Å²) in [4.78, 5) is 12.7. The molecule has 2 aromatic rings. The first-order valence-corrected chi connectivity index (χ1v) is 8.40. The van der Waals surface area contributed by atoms with Crippen LogP contribution in [-0.2, 0) is 11.3 Å². The van der Waals surface area contributed by atoms with Crippen LogP contribution < -0.4 is 4.80 Å². The number of thiazole rings is 1. The highest BCUT2D eigenvalue weighted by atomic mass is 32.1. The Balaban J connectivity index is 1.99. The average molecular weight is 316 g/mol. The topological polar surface area (TPSA) is 42.1 Å². The third-order valence-corrected chi connectivity index (χ3v) is 4.27. The molecule has 2 heterocycles. The van der Waals surface area contributed by atoms with Gasteiger partial charge < -0.3 is 14.2 Å². The zero-order valence-electron chi connectivity index (χ0n) is 12.7. The molecule has 1 aliphatic rings. The van der Waals surface area contributed by atoms with E-state index in [2.05, 4.69) is 28.0 Å². The summed E-state index contributed by atoms with van der Waals surface area (Å²) in [5.74, 6) is 0.763. The van der Waals surface area contributed by atoms with E-state index in [1.807, 2.05) is 30.3 Å². The highest BCUT2D eigenvalue weighted by Crippen LogP contribution is 2.12. The molecule has 0 aliphatic carbocycles. The highest BCUT2D eigenvalue weighted by molar-refractivity contribution is 7.07. The van der Waals surface area contributed by atoms with Gasteiger partial charge in [0, 0.05) is 31.2 Å². The Bertz CT molecular complexity index is 683. The predicted octanol–water partition coefficient (Wildman–Crippen LogP) is 2.49. The Morgan fingerprint density at radius 2 is 2.00 bits per heavy atom. The Hall–Kier alpha value is -1.92. The Labute approximate surface area is 134 Å². The number of guanidine groups is 1. The summed E-state index contributed by atoms with van der Waals surface area (Å²) >= 11 is 1.63. The molecule has 1 aliphatic heterocycles. The highest BCUT2D eigenvalue weighted by Gasteiger charge is 2.15. The Kier molecular flexibility index (Phi) is 5.03. The standard InChI is InChI=1S/C16H20N4OS/c1-2-19-10-13-22-16(19)18-15(20-8-11-21-12-9-20)17-14-6-4-3-5-7-14/h3-7,10,13H,2,8-9,11-12H2,1H3. The van der Waals surface area contributed by atoms with Gasteiger partial charge in [-0.25, -0.2) is 4.99 Å². The first-order valence-electron chi connectivity index (χ1n) is 7.52. The fourth-order valence-corrected chi connectivity index (χ4v) is 3.05. The number of benzene rings is 1. The van der Waals surface area contributed by atoms with Crippen LogP contribution in [0.1, 0.15) is 6.92 Å². The zero-order chi connectivity index (χ0) is 15.2. The van der Waals surface area contributed by atoms with E-state index in [4.69, 9.17) is 14.7 Å². The number of morpholine rings is 1. The van der Waals surface area contributed by atoms with Crippen molar-refractivity contribution in [3.8, 4) is 0 Å². The minimum atomic E-state index is 0.724. The van der Waals surface area contributed by atoms with E-state index in [1.165, 1.54) is 0 Å². The van der Waals surface area contributed by atoms with Crippen LogP contribution in [-0.4, -0.2) is 41.7 Å². The summed E-state index contributed by atoms with van der Waals surface area (Å²) in [6.45, 7) is 6.13. The quantitative estimate of drug-likeness (QED) is 0.631. The summed E-state index contributed by atoms with van der Waals surface area (Å²) in [5.41, 5.74) is 0.923. The molecule has 116 valence electrons. The molecule has 1 fully saturated rings. The Morgan fingerprint density at radius 3 is 2.73 bits per heavy atom. The predicted molar refractivity (Wildman–Crippen MR) is 89.5 cm³/mol. The minimum Gasteiger partial charge on any atom is -0.378 e. The van der Waals surface area contributed by atoms with Gasteiger partial charge in [-0.2, -0.15) is 4.99 Å². The molecular formula is C16H20N4OS. The molecule has 0 amide bonds. The van der Waals surface area contributed by atoms with Gasteiger partial charge in [0.05, 0.1) is 18.9 Å². The van der Waals surface area contributed by atoms with Crippen molar-refractivity contribution in [2.45, 2.75) is 13.5 Å². The van der Waals surface area contributed by atoms with Crippen molar-refractivity contribution in [3.05, 3.63) is 46.7 Å². The first-order chi connectivity index (χ1) is 10.9. The van der Waals surface area contributed by atoms with Crippen molar-refractivity contribution in [3.63, 3.8) is 0 Å². The molecule has 1 aromatic heterocycles. The largest absolute Gasteiger partial charge is 0.378 e. The lowest BCUT2D eigenvalue weighted by atomic mass is 10.3. The minimum absolute atomic E-state index is 0.724. The van der Waals surface area contributed by atoms with Crippen LogP contribution in [0.4, 0.5) is 5.69 Å². The smallest absolute Gasteiger partial charge is 0.228 e. The van der Waals surface area contributed by atoms with E-state index in [-0.39, 0.29) is 0 Å². The second-order valence-electron chi connectivity index (χ2n) is 4.93. The van der Waals surface area contributed by atoms with Crippen molar-refractivity contribution in [1.82, 2.24) is 9.47 Å². The second kappa shape index (κ2) is 7.38. The van der Waals surface area contributed by atoms with E-state index in [0.717, 1.165) is 49.3 Å². The van der Waals surface area contributed by atoms with Crippen LogP contribution in [0.3, 0.4) is 0 Å². The van der Waals surface area contributed by atoms with Gasteiger partial charge in [0.1, 0.15) is 0 Å². The van der Waals surface area contributed by atoms with E-state index in [1.54, 1.807) is 11.3 Å². The molecule has 1 saturated heterocycles. The molecule has 0 saturated carbocycles. The number of aliphatic imine (C=N–C) groups is 1. The maximum Gasteiger partial charge on any atom is 0.228 e. The van der Waals surface area contributed by atoms with E-state index in [0.29, 0.717) is 0 Å². The fourth-order valence-electron chi connectivity index (χ4n) is 2.26. The molecule has 22 heavy (non-hydrogen) atoms. The molecule has 1 aromatic carbocycles. The summed E-state index contributed by atoms with van der Waals surface area (Å²) in [6.07, 6.45) is 2.06. The molecule has 5 nitrogen and oxygen atoms in total. The summed E-state index contributed by atoms with van der Waals surface area (Å²) in [5, 5.41) is 2.06. The van der Waals surface area contributed by atoms with Crippen LogP contribution >= 0.6 is 11.3 Å². The molecule has 6 heteroatoms. The van der Waals surface area contributed by atoms with Gasteiger partial charge in [0.15, 0.2) is 4.80 Å². The van der Waals surface area contributed by atoms with Crippen LogP contribution in [0.25, 0.3) is 0 Å². The average Bonchev–Trinajstić information content (AvgIpc) is 3.03. The number of rotatable bonds is 2. The number of ether oxygens (including phenoxy) is 1. The van der Waals surface area contributed by atoms with Gasteiger partial charge in [0.25, 0.3) is 0 Å².